The minimum atomic E-state index is -0.122. The van der Waals surface area contributed by atoms with Crippen molar-refractivity contribution < 1.29 is 13.9 Å². The molecule has 0 N–H and O–H groups in total. The van der Waals surface area contributed by atoms with Crippen LogP contribution in [0.5, 0.6) is 5.75 Å². The fraction of sp³-hybridized carbons (Fsp3) is 0.0952. The van der Waals surface area contributed by atoms with E-state index in [2.05, 4.69) is 0 Å². The summed E-state index contributed by atoms with van der Waals surface area (Å²) < 4.78 is 11.2. The van der Waals surface area contributed by atoms with E-state index in [9.17, 15) is 4.79 Å². The van der Waals surface area contributed by atoms with E-state index >= 15 is 0 Å². The molecule has 0 aliphatic heterocycles. The number of hydrogen-bond acceptors (Lipinski definition) is 3. The highest BCUT2D eigenvalue weighted by atomic mass is 35.5. The molecular weight excluding hydrogens is 477 g/mol. The molecule has 1 heterocycles. The fourth-order valence-electron chi connectivity index (χ4n) is 2.39. The van der Waals surface area contributed by atoms with Crippen LogP contribution in [-0.2, 0) is 6.61 Å². The number of rotatable bonds is 6. The van der Waals surface area contributed by atoms with Crippen molar-refractivity contribution >= 4 is 69.9 Å². The summed E-state index contributed by atoms with van der Waals surface area (Å²) in [5.41, 5.74) is 1.69. The molecule has 2 aromatic carbocycles. The lowest BCUT2D eigenvalue weighted by atomic mass is 10.1. The van der Waals surface area contributed by atoms with Gasteiger partial charge in [-0.3, -0.25) is 4.79 Å². The van der Waals surface area contributed by atoms with Gasteiger partial charge in [-0.25, -0.2) is 0 Å². The van der Waals surface area contributed by atoms with E-state index in [-0.39, 0.29) is 43.3 Å². The molecule has 0 aliphatic carbocycles. The maximum Gasteiger partial charge on any atom is 0.185 e. The average molecular weight is 491 g/mol. The largest absolute Gasteiger partial charge is 0.482 e. The number of hydrogen-bond donors (Lipinski definition) is 0. The van der Waals surface area contributed by atoms with Crippen molar-refractivity contribution in [2.45, 2.75) is 13.5 Å². The van der Waals surface area contributed by atoms with Crippen LogP contribution in [0.4, 0.5) is 0 Å². The molecule has 0 bridgehead atoms. The first kappa shape index (κ1) is 22.1. The number of furan rings is 1. The van der Waals surface area contributed by atoms with Crippen LogP contribution in [0.1, 0.15) is 27.4 Å². The smallest absolute Gasteiger partial charge is 0.185 e. The van der Waals surface area contributed by atoms with Gasteiger partial charge in [-0.05, 0) is 31.2 Å². The molecule has 0 saturated heterocycles. The first-order valence-corrected chi connectivity index (χ1v) is 10.2. The van der Waals surface area contributed by atoms with E-state index in [1.54, 1.807) is 30.3 Å². The van der Waals surface area contributed by atoms with Gasteiger partial charge in [0.25, 0.3) is 0 Å². The van der Waals surface area contributed by atoms with Gasteiger partial charge in [-0.15, -0.1) is 0 Å². The van der Waals surface area contributed by atoms with Crippen LogP contribution >= 0.6 is 58.0 Å². The topological polar surface area (TPSA) is 39.4 Å². The Morgan fingerprint density at radius 3 is 2.10 bits per heavy atom. The molecule has 0 aliphatic rings. The first-order chi connectivity index (χ1) is 13.8. The van der Waals surface area contributed by atoms with Gasteiger partial charge < -0.3 is 9.15 Å². The second kappa shape index (κ2) is 9.46. The molecule has 0 spiro atoms. The normalized spacial score (nSPS) is 11.2. The molecule has 3 aromatic rings. The maximum atomic E-state index is 12.2. The van der Waals surface area contributed by atoms with Crippen LogP contribution in [0.15, 0.2) is 46.9 Å². The summed E-state index contributed by atoms with van der Waals surface area (Å²) in [5, 5.41) is 0.271. The van der Waals surface area contributed by atoms with E-state index in [1.807, 2.05) is 19.1 Å². The number of carbonyl (C=O) groups excluding carboxylic acids is 1. The summed E-state index contributed by atoms with van der Waals surface area (Å²) >= 11 is 30.3. The summed E-state index contributed by atoms with van der Waals surface area (Å²) in [6.45, 7) is 1.98. The molecule has 0 radical (unpaired) electrons. The molecule has 150 valence electrons. The summed E-state index contributed by atoms with van der Waals surface area (Å²) in [6.07, 6.45) is 3.03. The van der Waals surface area contributed by atoms with Crippen molar-refractivity contribution in [2.24, 2.45) is 0 Å². The minimum absolute atomic E-state index is 0.0213. The Kier molecular flexibility index (Phi) is 7.20. The van der Waals surface area contributed by atoms with E-state index in [4.69, 9.17) is 67.2 Å². The highest BCUT2D eigenvalue weighted by Gasteiger charge is 2.20. The summed E-state index contributed by atoms with van der Waals surface area (Å²) in [7, 11) is 0. The summed E-state index contributed by atoms with van der Waals surface area (Å²) in [6, 6.07) is 10.7. The third kappa shape index (κ3) is 5.11. The van der Waals surface area contributed by atoms with Crippen molar-refractivity contribution in [3.05, 3.63) is 90.2 Å². The Balaban J connectivity index is 1.68. The fourth-order valence-corrected chi connectivity index (χ4v) is 3.62. The molecule has 0 atom stereocenters. The standard InChI is InChI=1S/C21H13Cl5O3/c1-11-2-4-12(5-3-11)15(27)9-8-13-6-7-14(29-13)10-28-21-19(25)17(23)16(22)18(24)20(21)26/h2-9H,10H2,1H3/b9-8+. The zero-order valence-corrected chi connectivity index (χ0v) is 18.7. The molecule has 29 heavy (non-hydrogen) atoms. The molecule has 8 heteroatoms. The predicted octanol–water partition coefficient (Wildman–Crippen LogP) is 8.33. The van der Waals surface area contributed by atoms with Gasteiger partial charge in [0.1, 0.15) is 28.2 Å². The third-order valence-electron chi connectivity index (χ3n) is 3.95. The van der Waals surface area contributed by atoms with Gasteiger partial charge in [-0.1, -0.05) is 87.8 Å². The lowest BCUT2D eigenvalue weighted by Gasteiger charge is -2.12. The van der Waals surface area contributed by atoms with E-state index < -0.39 is 0 Å². The van der Waals surface area contributed by atoms with E-state index in [0.29, 0.717) is 17.1 Å². The number of allylic oxidation sites excluding steroid dienone is 1. The molecule has 3 rings (SSSR count). The van der Waals surface area contributed by atoms with Crippen LogP contribution in [0.25, 0.3) is 6.08 Å². The lowest BCUT2D eigenvalue weighted by Crippen LogP contribution is -1.96. The van der Waals surface area contributed by atoms with Crippen molar-refractivity contribution in [3.8, 4) is 5.75 Å². The number of halogens is 5. The minimum Gasteiger partial charge on any atom is -0.482 e. The van der Waals surface area contributed by atoms with Crippen LogP contribution in [0, 0.1) is 6.92 Å². The van der Waals surface area contributed by atoms with Crippen molar-refractivity contribution in [1.82, 2.24) is 0 Å². The highest BCUT2D eigenvalue weighted by molar-refractivity contribution is 6.55. The van der Waals surface area contributed by atoms with Crippen LogP contribution < -0.4 is 4.74 Å². The number of carbonyl (C=O) groups is 1. The van der Waals surface area contributed by atoms with Crippen LogP contribution in [0.3, 0.4) is 0 Å². The summed E-state index contributed by atoms with van der Waals surface area (Å²) in [5.74, 6) is 0.967. The maximum absolute atomic E-state index is 12.2. The zero-order valence-electron chi connectivity index (χ0n) is 14.9. The third-order valence-corrected chi connectivity index (χ3v) is 6.19. The Hall–Kier alpha value is -1.62. The highest BCUT2D eigenvalue weighted by Crippen LogP contribution is 2.48. The first-order valence-electron chi connectivity index (χ1n) is 8.30. The zero-order chi connectivity index (χ0) is 21.1. The molecule has 3 nitrogen and oxygen atoms in total. The number of benzene rings is 2. The quantitative estimate of drug-likeness (QED) is 0.151. The summed E-state index contributed by atoms with van der Waals surface area (Å²) in [4.78, 5) is 12.2. The van der Waals surface area contributed by atoms with Gasteiger partial charge >= 0.3 is 0 Å². The number of ether oxygens (including phenoxy) is 1. The molecule has 0 unspecified atom stereocenters. The van der Waals surface area contributed by atoms with Crippen LogP contribution in [0.2, 0.25) is 25.1 Å². The SMILES string of the molecule is Cc1ccc(C(=O)/C=C/c2ccc(COc3c(Cl)c(Cl)c(Cl)c(Cl)c3Cl)o2)cc1. The van der Waals surface area contributed by atoms with Gasteiger partial charge in [0.05, 0.1) is 15.1 Å². The molecular formula is C21H13Cl5O3. The molecule has 0 amide bonds. The molecule has 0 saturated carbocycles. The van der Waals surface area contributed by atoms with Gasteiger partial charge in [0.2, 0.25) is 0 Å². The Morgan fingerprint density at radius 2 is 1.48 bits per heavy atom. The molecule has 0 fully saturated rings. The second-order valence-corrected chi connectivity index (χ2v) is 7.95. The van der Waals surface area contributed by atoms with Crippen LogP contribution in [-0.4, -0.2) is 5.78 Å². The van der Waals surface area contributed by atoms with Crippen molar-refractivity contribution in [3.63, 3.8) is 0 Å². The number of aryl methyl sites for hydroxylation is 1. The predicted molar refractivity (Wildman–Crippen MR) is 119 cm³/mol. The monoisotopic (exact) mass is 488 g/mol. The second-order valence-electron chi connectivity index (χ2n) is 6.06. The van der Waals surface area contributed by atoms with Gasteiger partial charge in [0, 0.05) is 5.56 Å². The Morgan fingerprint density at radius 1 is 0.897 bits per heavy atom. The van der Waals surface area contributed by atoms with E-state index in [1.165, 1.54) is 6.08 Å². The van der Waals surface area contributed by atoms with E-state index in [0.717, 1.165) is 5.56 Å². The van der Waals surface area contributed by atoms with Crippen molar-refractivity contribution in [2.75, 3.05) is 0 Å². The van der Waals surface area contributed by atoms with Crippen molar-refractivity contribution in [1.29, 1.82) is 0 Å². The lowest BCUT2D eigenvalue weighted by molar-refractivity contribution is 0.104. The van der Waals surface area contributed by atoms with Gasteiger partial charge in [-0.2, -0.15) is 0 Å². The van der Waals surface area contributed by atoms with Gasteiger partial charge in [0.15, 0.2) is 11.5 Å². The Bertz CT molecular complexity index is 1060. The molecule has 1 aromatic heterocycles. The average Bonchev–Trinajstić information content (AvgIpc) is 3.17. The Labute approximate surface area is 192 Å². The number of ketones is 1.